The summed E-state index contributed by atoms with van der Waals surface area (Å²) in [5, 5.41) is 25.5. The minimum atomic E-state index is -0.348. The molecule has 0 atom stereocenters. The van der Waals surface area contributed by atoms with Crippen LogP contribution in [0.2, 0.25) is 0 Å². The molecule has 1 aliphatic rings. The Morgan fingerprint density at radius 3 is 2.88 bits per heavy atom. The van der Waals surface area contributed by atoms with Crippen molar-refractivity contribution in [3.05, 3.63) is 38.0 Å². The van der Waals surface area contributed by atoms with Crippen LogP contribution in [-0.4, -0.2) is 4.92 Å². The monoisotopic (exact) mass is 250 g/mol. The maximum absolute atomic E-state index is 12.1. The van der Waals surface area contributed by atoms with E-state index >= 15 is 0 Å². The van der Waals surface area contributed by atoms with E-state index in [9.17, 15) is 15.3 Å². The molecule has 2 aromatic rings. The van der Waals surface area contributed by atoms with Gasteiger partial charge in [0.2, 0.25) is 5.69 Å². The van der Waals surface area contributed by atoms with Crippen molar-refractivity contribution in [1.29, 1.82) is 0 Å². The largest absolute Gasteiger partial charge is 0.617 e. The van der Waals surface area contributed by atoms with Gasteiger partial charge in [-0.2, -0.15) is 4.73 Å². The molecule has 5 nitrogen and oxygen atoms in total. The summed E-state index contributed by atoms with van der Waals surface area (Å²) < 4.78 is 0.890. The summed E-state index contributed by atoms with van der Waals surface area (Å²) in [6, 6.07) is 1.67. The van der Waals surface area contributed by atoms with E-state index in [4.69, 9.17) is 0 Å². The number of hydrogen-bond donors (Lipinski definition) is 0. The molecule has 0 fully saturated rings. The Kier molecular flexibility index (Phi) is 2.25. The van der Waals surface area contributed by atoms with Gasteiger partial charge in [0.15, 0.2) is 0 Å². The van der Waals surface area contributed by atoms with Crippen LogP contribution >= 0.6 is 11.3 Å². The third kappa shape index (κ3) is 1.40. The highest BCUT2D eigenvalue weighted by Gasteiger charge is 2.32. The van der Waals surface area contributed by atoms with Gasteiger partial charge >= 0.3 is 0 Å². The minimum absolute atomic E-state index is 0.142. The number of thiophene rings is 1. The van der Waals surface area contributed by atoms with Crippen molar-refractivity contribution < 1.29 is 9.65 Å². The third-order valence-electron chi connectivity index (χ3n) is 3.24. The quantitative estimate of drug-likeness (QED) is 0.337. The highest BCUT2D eigenvalue weighted by atomic mass is 32.1. The van der Waals surface area contributed by atoms with Crippen LogP contribution in [0.25, 0.3) is 10.2 Å². The Hall–Kier alpha value is -1.69. The van der Waals surface area contributed by atoms with E-state index in [0.717, 1.165) is 17.6 Å². The Labute approximate surface area is 101 Å². The molecule has 0 unspecified atom stereocenters. The highest BCUT2D eigenvalue weighted by molar-refractivity contribution is 7.16. The average Bonchev–Trinajstić information content (AvgIpc) is 2.78. The van der Waals surface area contributed by atoms with Crippen molar-refractivity contribution in [3.63, 3.8) is 0 Å². The van der Waals surface area contributed by atoms with Crippen LogP contribution in [0.1, 0.15) is 24.1 Å². The second-order valence-corrected chi connectivity index (χ2v) is 5.07. The molecule has 0 amide bonds. The van der Waals surface area contributed by atoms with E-state index in [1.165, 1.54) is 11.3 Å². The van der Waals surface area contributed by atoms with E-state index in [1.54, 1.807) is 11.4 Å². The van der Waals surface area contributed by atoms with Crippen molar-refractivity contribution >= 4 is 27.2 Å². The first-order valence-corrected chi connectivity index (χ1v) is 6.37. The number of aromatic nitrogens is 1. The summed E-state index contributed by atoms with van der Waals surface area (Å²) in [5.74, 6) is 0. The third-order valence-corrected chi connectivity index (χ3v) is 4.12. The van der Waals surface area contributed by atoms with Gasteiger partial charge in [-0.05, 0) is 30.7 Å². The zero-order chi connectivity index (χ0) is 12.0. The molecule has 0 saturated carbocycles. The number of fused-ring (bicyclic) bond motifs is 2. The van der Waals surface area contributed by atoms with Crippen molar-refractivity contribution in [3.8, 4) is 0 Å². The standard InChI is InChI=1S/C11H10N2O3S/c14-12-9-4-2-1-3-7(9)10(13(15)16)8-5-6-17-11(8)12/h5-6H,1-4H2. The Morgan fingerprint density at radius 2 is 2.12 bits per heavy atom. The van der Waals surface area contributed by atoms with Gasteiger partial charge in [0, 0.05) is 6.42 Å². The summed E-state index contributed by atoms with van der Waals surface area (Å²) >= 11 is 1.26. The van der Waals surface area contributed by atoms with Gasteiger partial charge in [-0.25, -0.2) is 0 Å². The number of hydrogen-bond acceptors (Lipinski definition) is 4. The van der Waals surface area contributed by atoms with Gasteiger partial charge in [0.05, 0.1) is 10.5 Å². The maximum atomic E-state index is 12.1. The molecule has 2 heterocycles. The maximum Gasteiger partial charge on any atom is 0.293 e. The molecule has 3 rings (SSSR count). The second-order valence-electron chi connectivity index (χ2n) is 4.17. The molecule has 0 N–H and O–H groups in total. The lowest BCUT2D eigenvalue weighted by Crippen LogP contribution is -2.35. The predicted molar refractivity (Wildman–Crippen MR) is 64.1 cm³/mol. The van der Waals surface area contributed by atoms with Gasteiger partial charge in [0.25, 0.3) is 10.5 Å². The van der Waals surface area contributed by atoms with Crippen LogP contribution in [-0.2, 0) is 12.8 Å². The molecule has 0 aliphatic heterocycles. The first-order valence-electron chi connectivity index (χ1n) is 5.49. The molecule has 2 aromatic heterocycles. The Bertz CT molecular complexity index is 621. The molecule has 6 heteroatoms. The van der Waals surface area contributed by atoms with Crippen LogP contribution in [0.3, 0.4) is 0 Å². The van der Waals surface area contributed by atoms with Crippen LogP contribution in [0.15, 0.2) is 11.4 Å². The first-order chi connectivity index (χ1) is 8.20. The molecular formula is C11H10N2O3S. The van der Waals surface area contributed by atoms with Crippen molar-refractivity contribution in [1.82, 2.24) is 0 Å². The Balaban J connectivity index is 2.46. The molecule has 0 bridgehead atoms. The molecule has 0 spiro atoms. The van der Waals surface area contributed by atoms with Crippen molar-refractivity contribution in [2.75, 3.05) is 0 Å². The number of rotatable bonds is 1. The number of nitrogens with zero attached hydrogens (tertiary/aromatic N) is 2. The summed E-state index contributed by atoms with van der Waals surface area (Å²) in [6.45, 7) is 0. The first kappa shape index (κ1) is 10.5. The zero-order valence-corrected chi connectivity index (χ0v) is 9.83. The summed E-state index contributed by atoms with van der Waals surface area (Å²) in [4.78, 5) is 11.3. The lowest BCUT2D eigenvalue weighted by molar-refractivity contribution is -0.585. The normalized spacial score (nSPS) is 14.8. The summed E-state index contributed by atoms with van der Waals surface area (Å²) in [6.07, 6.45) is 3.14. The highest BCUT2D eigenvalue weighted by Crippen LogP contribution is 2.35. The predicted octanol–water partition coefficient (Wildman–Crippen LogP) is 2.32. The average molecular weight is 250 g/mol. The lowest BCUT2D eigenvalue weighted by Gasteiger charge is -2.15. The SMILES string of the molecule is O=[N+]([O-])c1c2c([n+]([O-])c3sccc13)CCCC2. The fourth-order valence-electron chi connectivity index (χ4n) is 2.50. The smallest absolute Gasteiger partial charge is 0.293 e. The summed E-state index contributed by atoms with van der Waals surface area (Å²) in [7, 11) is 0. The van der Waals surface area contributed by atoms with Gasteiger partial charge < -0.3 is 5.21 Å². The lowest BCUT2D eigenvalue weighted by atomic mass is 9.94. The second kappa shape index (κ2) is 3.66. The van der Waals surface area contributed by atoms with Gasteiger partial charge in [-0.15, -0.1) is 0 Å². The fraction of sp³-hybridized carbons (Fsp3) is 0.364. The van der Waals surface area contributed by atoms with Crippen LogP contribution in [0, 0.1) is 15.3 Å². The van der Waals surface area contributed by atoms with E-state index < -0.39 is 0 Å². The van der Waals surface area contributed by atoms with Crippen LogP contribution < -0.4 is 4.73 Å². The van der Waals surface area contributed by atoms with Crippen LogP contribution in [0.4, 0.5) is 5.69 Å². The van der Waals surface area contributed by atoms with Gasteiger partial charge in [0.1, 0.15) is 5.39 Å². The van der Waals surface area contributed by atoms with Crippen LogP contribution in [0.5, 0.6) is 0 Å². The van der Waals surface area contributed by atoms with E-state index in [-0.39, 0.29) is 10.6 Å². The zero-order valence-electron chi connectivity index (χ0n) is 9.01. The fourth-order valence-corrected chi connectivity index (χ4v) is 3.33. The molecule has 1 aliphatic carbocycles. The molecule has 88 valence electrons. The number of pyridine rings is 1. The van der Waals surface area contributed by atoms with E-state index in [1.807, 2.05) is 0 Å². The minimum Gasteiger partial charge on any atom is -0.617 e. The molecule has 17 heavy (non-hydrogen) atoms. The van der Waals surface area contributed by atoms with E-state index in [0.29, 0.717) is 34.3 Å². The van der Waals surface area contributed by atoms with Gasteiger partial charge in [-0.1, -0.05) is 11.3 Å². The molecule has 0 radical (unpaired) electrons. The van der Waals surface area contributed by atoms with Crippen molar-refractivity contribution in [2.45, 2.75) is 25.7 Å². The summed E-state index contributed by atoms with van der Waals surface area (Å²) in [5.41, 5.74) is 1.38. The number of nitro groups is 1. The van der Waals surface area contributed by atoms with Crippen molar-refractivity contribution in [2.24, 2.45) is 0 Å². The van der Waals surface area contributed by atoms with E-state index in [2.05, 4.69) is 0 Å². The molecular weight excluding hydrogens is 240 g/mol. The molecule has 0 saturated heterocycles. The molecule has 0 aromatic carbocycles. The Morgan fingerprint density at radius 1 is 1.35 bits per heavy atom. The van der Waals surface area contributed by atoms with Gasteiger partial charge in [-0.3, -0.25) is 10.1 Å². The topological polar surface area (TPSA) is 70.1 Å².